The smallest absolute Gasteiger partial charge is 0.302 e. The van der Waals surface area contributed by atoms with E-state index in [1.165, 1.54) is 6.92 Å². The zero-order chi connectivity index (χ0) is 14.0. The predicted octanol–water partition coefficient (Wildman–Crippen LogP) is 3.66. The molecule has 0 aromatic rings. The van der Waals surface area contributed by atoms with Crippen LogP contribution in [-0.2, 0) is 14.3 Å². The molecule has 0 aromatic heterocycles. The van der Waals surface area contributed by atoms with Crippen LogP contribution in [0.1, 0.15) is 55.4 Å². The van der Waals surface area contributed by atoms with E-state index in [9.17, 15) is 4.79 Å². The Morgan fingerprint density at radius 2 is 1.29 bits per heavy atom. The Balaban J connectivity index is 0. The van der Waals surface area contributed by atoms with E-state index >= 15 is 0 Å². The quantitative estimate of drug-likeness (QED) is 0.694. The summed E-state index contributed by atoms with van der Waals surface area (Å²) in [5.41, 5.74) is 0. The Bertz CT molecular complexity index is 176. The molecule has 3 nitrogen and oxygen atoms in total. The van der Waals surface area contributed by atoms with Crippen LogP contribution in [0.15, 0.2) is 0 Å². The average Bonchev–Trinajstić information content (AvgIpc) is 2.17. The van der Waals surface area contributed by atoms with Crippen LogP contribution in [0.25, 0.3) is 0 Å². The number of carbonyl (C=O) groups excluding carboxylic acids is 1. The van der Waals surface area contributed by atoms with Crippen LogP contribution >= 0.6 is 0 Å². The highest BCUT2D eigenvalue weighted by Crippen LogP contribution is 2.13. The lowest BCUT2D eigenvalue weighted by Gasteiger charge is -2.24. The molecule has 0 bridgehead atoms. The minimum atomic E-state index is -0.211. The zero-order valence-electron chi connectivity index (χ0n) is 12.7. The Morgan fingerprint density at radius 1 is 0.941 bits per heavy atom. The van der Waals surface area contributed by atoms with Crippen molar-refractivity contribution in [2.45, 2.75) is 67.6 Å². The molecule has 0 amide bonds. The van der Waals surface area contributed by atoms with Crippen molar-refractivity contribution in [2.75, 3.05) is 6.61 Å². The first-order valence-corrected chi connectivity index (χ1v) is 6.51. The molecular formula is C14H30O3. The first-order chi connectivity index (χ1) is 7.72. The third kappa shape index (κ3) is 13.4. The number of esters is 1. The molecule has 0 fully saturated rings. The summed E-state index contributed by atoms with van der Waals surface area (Å²) >= 11 is 0. The molecule has 2 atom stereocenters. The van der Waals surface area contributed by atoms with Crippen molar-refractivity contribution in [3.8, 4) is 0 Å². The Kier molecular flexibility index (Phi) is 11.7. The second-order valence-electron chi connectivity index (χ2n) is 4.96. The highest BCUT2D eigenvalue weighted by molar-refractivity contribution is 5.65. The van der Waals surface area contributed by atoms with E-state index in [4.69, 9.17) is 4.74 Å². The van der Waals surface area contributed by atoms with Gasteiger partial charge in [-0.15, -0.1) is 0 Å². The molecule has 3 heteroatoms. The van der Waals surface area contributed by atoms with Crippen LogP contribution in [0.3, 0.4) is 0 Å². The summed E-state index contributed by atoms with van der Waals surface area (Å²) in [6, 6.07) is 0. The maximum atomic E-state index is 9.82. The summed E-state index contributed by atoms with van der Waals surface area (Å²) in [6.45, 7) is 16.7. The predicted molar refractivity (Wildman–Crippen MR) is 72.0 cm³/mol. The lowest BCUT2D eigenvalue weighted by Crippen LogP contribution is -2.25. The fraction of sp³-hybridized carbons (Fsp3) is 0.929. The highest BCUT2D eigenvalue weighted by atomic mass is 16.5. The molecule has 0 N–H and O–H groups in total. The van der Waals surface area contributed by atoms with E-state index < -0.39 is 0 Å². The molecule has 0 saturated carbocycles. The van der Waals surface area contributed by atoms with E-state index in [0.29, 0.717) is 30.7 Å². The summed E-state index contributed by atoms with van der Waals surface area (Å²) in [5, 5.41) is 0. The van der Waals surface area contributed by atoms with Gasteiger partial charge in [0.2, 0.25) is 0 Å². The molecule has 0 aliphatic carbocycles. The number of hydrogen-bond donors (Lipinski definition) is 0. The third-order valence-electron chi connectivity index (χ3n) is 2.65. The molecule has 104 valence electrons. The monoisotopic (exact) mass is 246 g/mol. The van der Waals surface area contributed by atoms with Gasteiger partial charge >= 0.3 is 5.97 Å². The Labute approximate surface area is 107 Å². The van der Waals surface area contributed by atoms with Gasteiger partial charge in [0.25, 0.3) is 0 Å². The zero-order valence-corrected chi connectivity index (χ0v) is 12.7. The minimum absolute atomic E-state index is 0.211. The summed E-state index contributed by atoms with van der Waals surface area (Å²) in [6.07, 6.45) is 0.764. The highest BCUT2D eigenvalue weighted by Gasteiger charge is 2.13. The number of hydrogen-bond acceptors (Lipinski definition) is 3. The summed E-state index contributed by atoms with van der Waals surface area (Å²) < 4.78 is 10.2. The van der Waals surface area contributed by atoms with E-state index in [-0.39, 0.29) is 5.97 Å². The fourth-order valence-electron chi connectivity index (χ4n) is 0.856. The van der Waals surface area contributed by atoms with Gasteiger partial charge in [0.15, 0.2) is 0 Å². The minimum Gasteiger partial charge on any atom is -0.466 e. The topological polar surface area (TPSA) is 35.5 Å². The van der Waals surface area contributed by atoms with Crippen LogP contribution < -0.4 is 0 Å². The SMILES string of the molecule is CC(C)C(C)OC(C)C(C)C.CCOC(C)=O. The van der Waals surface area contributed by atoms with Crippen LogP contribution in [0.2, 0.25) is 0 Å². The van der Waals surface area contributed by atoms with Crippen molar-refractivity contribution in [1.82, 2.24) is 0 Å². The molecule has 17 heavy (non-hydrogen) atoms. The van der Waals surface area contributed by atoms with Crippen molar-refractivity contribution in [1.29, 1.82) is 0 Å². The van der Waals surface area contributed by atoms with Crippen molar-refractivity contribution in [2.24, 2.45) is 11.8 Å². The average molecular weight is 246 g/mol. The van der Waals surface area contributed by atoms with Gasteiger partial charge in [-0.3, -0.25) is 4.79 Å². The van der Waals surface area contributed by atoms with Gasteiger partial charge in [0.05, 0.1) is 18.8 Å². The maximum Gasteiger partial charge on any atom is 0.302 e. The molecule has 0 rings (SSSR count). The van der Waals surface area contributed by atoms with Crippen LogP contribution in [0.4, 0.5) is 0 Å². The van der Waals surface area contributed by atoms with Crippen molar-refractivity contribution < 1.29 is 14.3 Å². The molecule has 0 aromatic carbocycles. The first kappa shape index (κ1) is 18.8. The number of ether oxygens (including phenoxy) is 2. The standard InChI is InChI=1S/C10H22O.C4H8O2/c1-7(2)9(5)11-10(6)8(3)4;1-3-6-4(2)5/h7-10H,1-6H3;3H2,1-2H3. The molecule has 2 unspecified atom stereocenters. The van der Waals surface area contributed by atoms with Crippen LogP contribution in [-0.4, -0.2) is 24.8 Å². The third-order valence-corrected chi connectivity index (χ3v) is 2.65. The largest absolute Gasteiger partial charge is 0.466 e. The van der Waals surface area contributed by atoms with Crippen molar-refractivity contribution in [3.05, 3.63) is 0 Å². The molecular weight excluding hydrogens is 216 g/mol. The lowest BCUT2D eigenvalue weighted by atomic mass is 10.1. The van der Waals surface area contributed by atoms with Crippen LogP contribution in [0.5, 0.6) is 0 Å². The van der Waals surface area contributed by atoms with Gasteiger partial charge in [-0.1, -0.05) is 27.7 Å². The van der Waals surface area contributed by atoms with Gasteiger partial charge in [-0.25, -0.2) is 0 Å². The molecule has 0 radical (unpaired) electrons. The number of carbonyl (C=O) groups is 1. The molecule has 0 aliphatic rings. The first-order valence-electron chi connectivity index (χ1n) is 6.51. The van der Waals surface area contributed by atoms with Gasteiger partial charge in [-0.05, 0) is 32.6 Å². The Morgan fingerprint density at radius 3 is 1.41 bits per heavy atom. The van der Waals surface area contributed by atoms with E-state index in [1.807, 2.05) is 0 Å². The van der Waals surface area contributed by atoms with Gasteiger partial charge in [0, 0.05) is 6.92 Å². The Hall–Kier alpha value is -0.570. The van der Waals surface area contributed by atoms with E-state index in [0.717, 1.165) is 0 Å². The molecule has 0 heterocycles. The normalized spacial score (nSPS) is 14.0. The van der Waals surface area contributed by atoms with E-state index in [2.05, 4.69) is 46.3 Å². The van der Waals surface area contributed by atoms with Crippen LogP contribution in [0, 0.1) is 11.8 Å². The molecule has 0 saturated heterocycles. The second kappa shape index (κ2) is 10.6. The van der Waals surface area contributed by atoms with E-state index in [1.54, 1.807) is 6.92 Å². The van der Waals surface area contributed by atoms with Crippen molar-refractivity contribution in [3.63, 3.8) is 0 Å². The van der Waals surface area contributed by atoms with Gasteiger partial charge < -0.3 is 9.47 Å². The number of rotatable bonds is 5. The summed E-state index contributed by atoms with van der Waals surface area (Å²) in [4.78, 5) is 9.82. The fourth-order valence-corrected chi connectivity index (χ4v) is 0.856. The summed E-state index contributed by atoms with van der Waals surface area (Å²) in [5.74, 6) is 1.03. The van der Waals surface area contributed by atoms with Crippen molar-refractivity contribution >= 4 is 5.97 Å². The molecule has 0 aliphatic heterocycles. The van der Waals surface area contributed by atoms with Gasteiger partial charge in [-0.2, -0.15) is 0 Å². The van der Waals surface area contributed by atoms with Gasteiger partial charge in [0.1, 0.15) is 0 Å². The lowest BCUT2D eigenvalue weighted by molar-refractivity contribution is -0.140. The maximum absolute atomic E-state index is 9.82. The summed E-state index contributed by atoms with van der Waals surface area (Å²) in [7, 11) is 0. The molecule has 0 spiro atoms. The second-order valence-corrected chi connectivity index (χ2v) is 4.96.